The second-order valence-corrected chi connectivity index (χ2v) is 7.43. The lowest BCUT2D eigenvalue weighted by molar-refractivity contribution is -0.153. The van der Waals surface area contributed by atoms with Gasteiger partial charge in [-0.2, -0.15) is 0 Å². The Kier molecular flexibility index (Phi) is 8.84. The summed E-state index contributed by atoms with van der Waals surface area (Å²) in [6, 6.07) is 11.8. The fourth-order valence-electron chi connectivity index (χ4n) is 2.36. The number of anilines is 1. The standard InChI is InChI=1S/C21H21Cl2N3O5/c1-13(24-20(29)14-7-9-15(22)10-8-14)21(30)31-12-19(28)26(2)11-18(27)25-17-6-4-3-5-16(17)23/h3-10,13H,11-12H2,1-2H3,(H,24,29)(H,25,27)/t13-/m0/s1. The van der Waals surface area contributed by atoms with E-state index in [1.54, 1.807) is 36.4 Å². The summed E-state index contributed by atoms with van der Waals surface area (Å²) in [6.45, 7) is 0.599. The lowest BCUT2D eigenvalue weighted by Crippen LogP contribution is -2.42. The molecule has 0 aliphatic heterocycles. The summed E-state index contributed by atoms with van der Waals surface area (Å²) in [5.74, 6) is -2.32. The topological polar surface area (TPSA) is 105 Å². The van der Waals surface area contributed by atoms with Crippen LogP contribution in [-0.4, -0.2) is 54.8 Å². The number of nitrogens with zero attached hydrogens (tertiary/aromatic N) is 1. The highest BCUT2D eigenvalue weighted by atomic mass is 35.5. The van der Waals surface area contributed by atoms with E-state index in [0.717, 1.165) is 4.90 Å². The molecular formula is C21H21Cl2N3O5. The van der Waals surface area contributed by atoms with Crippen molar-refractivity contribution in [3.63, 3.8) is 0 Å². The van der Waals surface area contributed by atoms with Gasteiger partial charge < -0.3 is 20.3 Å². The smallest absolute Gasteiger partial charge is 0.328 e. The molecule has 0 fully saturated rings. The number of benzene rings is 2. The van der Waals surface area contributed by atoms with Gasteiger partial charge in [0, 0.05) is 17.6 Å². The molecule has 8 nitrogen and oxygen atoms in total. The Balaban J connectivity index is 1.77. The maximum Gasteiger partial charge on any atom is 0.328 e. The van der Waals surface area contributed by atoms with Crippen LogP contribution in [0.3, 0.4) is 0 Å². The Hall–Kier alpha value is -3.10. The van der Waals surface area contributed by atoms with Crippen molar-refractivity contribution in [2.45, 2.75) is 13.0 Å². The van der Waals surface area contributed by atoms with Crippen LogP contribution in [0.2, 0.25) is 10.0 Å². The van der Waals surface area contributed by atoms with Gasteiger partial charge in [-0.1, -0.05) is 35.3 Å². The summed E-state index contributed by atoms with van der Waals surface area (Å²) in [5.41, 5.74) is 0.746. The molecule has 10 heteroatoms. The Labute approximate surface area is 189 Å². The number of likely N-dealkylation sites (N-methyl/N-ethyl adjacent to an activating group) is 1. The third kappa shape index (κ3) is 7.58. The first-order valence-corrected chi connectivity index (χ1v) is 9.94. The third-order valence-corrected chi connectivity index (χ3v) is 4.68. The average molecular weight is 466 g/mol. The van der Waals surface area contributed by atoms with Crippen LogP contribution in [0.1, 0.15) is 17.3 Å². The molecule has 0 aliphatic carbocycles. The average Bonchev–Trinajstić information content (AvgIpc) is 2.73. The number of carbonyl (C=O) groups excluding carboxylic acids is 4. The van der Waals surface area contributed by atoms with Gasteiger partial charge in [-0.3, -0.25) is 14.4 Å². The van der Waals surface area contributed by atoms with E-state index in [1.165, 1.54) is 26.1 Å². The van der Waals surface area contributed by atoms with E-state index in [0.29, 0.717) is 21.3 Å². The molecule has 2 N–H and O–H groups in total. The summed E-state index contributed by atoms with van der Waals surface area (Å²) >= 11 is 11.8. The van der Waals surface area contributed by atoms with E-state index in [9.17, 15) is 19.2 Å². The SMILES string of the molecule is C[C@H](NC(=O)c1ccc(Cl)cc1)C(=O)OCC(=O)N(C)CC(=O)Nc1ccccc1Cl. The molecular weight excluding hydrogens is 445 g/mol. The maximum atomic E-state index is 12.1. The number of hydrogen-bond acceptors (Lipinski definition) is 5. The van der Waals surface area contributed by atoms with E-state index < -0.39 is 36.3 Å². The summed E-state index contributed by atoms with van der Waals surface area (Å²) in [5, 5.41) is 5.91. The lowest BCUT2D eigenvalue weighted by atomic mass is 10.2. The molecule has 0 unspecified atom stereocenters. The molecule has 164 valence electrons. The van der Waals surface area contributed by atoms with Gasteiger partial charge in [-0.15, -0.1) is 0 Å². The molecule has 2 aromatic carbocycles. The lowest BCUT2D eigenvalue weighted by Gasteiger charge is -2.18. The van der Waals surface area contributed by atoms with Crippen LogP contribution in [-0.2, 0) is 19.1 Å². The van der Waals surface area contributed by atoms with Crippen LogP contribution in [0.4, 0.5) is 5.69 Å². The van der Waals surface area contributed by atoms with Crippen molar-refractivity contribution in [1.29, 1.82) is 0 Å². The van der Waals surface area contributed by atoms with Crippen molar-refractivity contribution >= 4 is 52.6 Å². The number of nitrogens with one attached hydrogen (secondary N) is 2. The van der Waals surface area contributed by atoms with Crippen LogP contribution < -0.4 is 10.6 Å². The van der Waals surface area contributed by atoms with Gasteiger partial charge >= 0.3 is 5.97 Å². The minimum absolute atomic E-state index is 0.259. The molecule has 31 heavy (non-hydrogen) atoms. The molecule has 0 saturated carbocycles. The Morgan fingerprint density at radius 2 is 1.68 bits per heavy atom. The highest BCUT2D eigenvalue weighted by Crippen LogP contribution is 2.20. The minimum Gasteiger partial charge on any atom is -0.454 e. The number of esters is 1. The van der Waals surface area contributed by atoms with Crippen molar-refractivity contribution in [2.24, 2.45) is 0 Å². The summed E-state index contributed by atoms with van der Waals surface area (Å²) in [6.07, 6.45) is 0. The first-order chi connectivity index (χ1) is 14.7. The molecule has 0 bridgehead atoms. The van der Waals surface area contributed by atoms with Crippen molar-refractivity contribution in [1.82, 2.24) is 10.2 Å². The molecule has 0 aromatic heterocycles. The molecule has 0 heterocycles. The zero-order chi connectivity index (χ0) is 23.0. The zero-order valence-corrected chi connectivity index (χ0v) is 18.4. The highest BCUT2D eigenvalue weighted by Gasteiger charge is 2.21. The van der Waals surface area contributed by atoms with Gasteiger partial charge in [0.1, 0.15) is 6.04 Å². The van der Waals surface area contributed by atoms with E-state index >= 15 is 0 Å². The largest absolute Gasteiger partial charge is 0.454 e. The summed E-state index contributed by atoms with van der Waals surface area (Å²) < 4.78 is 4.94. The Morgan fingerprint density at radius 1 is 1.03 bits per heavy atom. The molecule has 3 amide bonds. The number of rotatable bonds is 8. The monoisotopic (exact) mass is 465 g/mol. The van der Waals surface area contributed by atoms with E-state index in [2.05, 4.69) is 10.6 Å². The number of amides is 3. The van der Waals surface area contributed by atoms with Gasteiger partial charge in [0.25, 0.3) is 11.8 Å². The van der Waals surface area contributed by atoms with Gasteiger partial charge in [0.15, 0.2) is 6.61 Å². The number of hydrogen-bond donors (Lipinski definition) is 2. The number of halogens is 2. The number of ether oxygens (including phenoxy) is 1. The number of para-hydroxylation sites is 1. The first kappa shape index (κ1) is 24.2. The van der Waals surface area contributed by atoms with Crippen LogP contribution in [0.5, 0.6) is 0 Å². The zero-order valence-electron chi connectivity index (χ0n) is 16.9. The number of carbonyl (C=O) groups is 4. The summed E-state index contributed by atoms with van der Waals surface area (Å²) in [7, 11) is 1.40. The molecule has 0 radical (unpaired) electrons. The maximum absolute atomic E-state index is 12.1. The van der Waals surface area contributed by atoms with Crippen molar-refractivity contribution < 1.29 is 23.9 Å². The first-order valence-electron chi connectivity index (χ1n) is 9.18. The van der Waals surface area contributed by atoms with Crippen molar-refractivity contribution in [3.05, 3.63) is 64.1 Å². The summed E-state index contributed by atoms with van der Waals surface area (Å²) in [4.78, 5) is 49.5. The molecule has 1 atom stereocenters. The van der Waals surface area contributed by atoms with Crippen molar-refractivity contribution in [3.8, 4) is 0 Å². The molecule has 0 spiro atoms. The molecule has 0 aliphatic rings. The molecule has 2 aromatic rings. The minimum atomic E-state index is -0.982. The fraction of sp³-hybridized carbons (Fsp3) is 0.238. The third-order valence-electron chi connectivity index (χ3n) is 4.10. The van der Waals surface area contributed by atoms with Crippen molar-refractivity contribution in [2.75, 3.05) is 25.5 Å². The predicted octanol–water partition coefficient (Wildman–Crippen LogP) is 2.75. The molecule has 0 saturated heterocycles. The normalized spacial score (nSPS) is 11.2. The fourth-order valence-corrected chi connectivity index (χ4v) is 2.67. The second-order valence-electron chi connectivity index (χ2n) is 6.59. The van der Waals surface area contributed by atoms with E-state index in [4.69, 9.17) is 27.9 Å². The van der Waals surface area contributed by atoms with E-state index in [-0.39, 0.29) is 6.54 Å². The second kappa shape index (κ2) is 11.3. The molecule has 2 rings (SSSR count). The van der Waals surface area contributed by atoms with E-state index in [1.807, 2.05) is 0 Å². The highest BCUT2D eigenvalue weighted by molar-refractivity contribution is 6.33. The van der Waals surface area contributed by atoms with Crippen LogP contribution >= 0.6 is 23.2 Å². The van der Waals surface area contributed by atoms with Gasteiger partial charge in [-0.25, -0.2) is 4.79 Å². The van der Waals surface area contributed by atoms with Crippen LogP contribution in [0, 0.1) is 0 Å². The quantitative estimate of drug-likeness (QED) is 0.583. The van der Waals surface area contributed by atoms with Gasteiger partial charge in [0.2, 0.25) is 5.91 Å². The Bertz CT molecular complexity index is 966. The Morgan fingerprint density at radius 3 is 2.32 bits per heavy atom. The van der Waals surface area contributed by atoms with Crippen LogP contribution in [0.25, 0.3) is 0 Å². The predicted molar refractivity (Wildman–Crippen MR) is 117 cm³/mol. The van der Waals surface area contributed by atoms with Gasteiger partial charge in [-0.05, 0) is 43.3 Å². The van der Waals surface area contributed by atoms with Crippen LogP contribution in [0.15, 0.2) is 48.5 Å². The van der Waals surface area contributed by atoms with Gasteiger partial charge in [0.05, 0.1) is 17.3 Å².